The molecule has 1 saturated carbocycles. The normalized spacial score (nSPS) is 26.0. The number of carbonyl (C=O) groups excluding carboxylic acids is 2. The van der Waals surface area contributed by atoms with Crippen molar-refractivity contribution in [1.82, 2.24) is 26.5 Å². The third-order valence-electron chi connectivity index (χ3n) is 6.23. The fraction of sp³-hybridized carbons (Fsp3) is 0.667. The SMILES string of the molecule is CC[C@H](C)NC(=O)O[C@@H]1CC[C@H](C2CC(NC(=O)Cc3cc(=O)[nH]cc3S(C)(=O)=O)NN2)C1. The summed E-state index contributed by atoms with van der Waals surface area (Å²) >= 11 is 0. The number of hydrogen-bond acceptors (Lipinski definition) is 8. The molecule has 11 nitrogen and oxygen atoms in total. The van der Waals surface area contributed by atoms with Gasteiger partial charge in [0.15, 0.2) is 9.84 Å². The third kappa shape index (κ3) is 7.02. The van der Waals surface area contributed by atoms with Gasteiger partial charge in [-0.15, -0.1) is 0 Å². The molecular weight excluding hydrogens is 450 g/mol. The number of sulfone groups is 1. The molecule has 1 aliphatic heterocycles. The Morgan fingerprint density at radius 3 is 2.70 bits per heavy atom. The van der Waals surface area contributed by atoms with Crippen LogP contribution in [0.5, 0.6) is 0 Å². The Hall–Kier alpha value is -2.44. The molecule has 5 N–H and O–H groups in total. The van der Waals surface area contributed by atoms with Gasteiger partial charge in [0.25, 0.3) is 0 Å². The highest BCUT2D eigenvalue weighted by Gasteiger charge is 2.37. The minimum absolute atomic E-state index is 0.0676. The van der Waals surface area contributed by atoms with E-state index in [0.29, 0.717) is 12.3 Å². The molecule has 33 heavy (non-hydrogen) atoms. The average molecular weight is 484 g/mol. The van der Waals surface area contributed by atoms with E-state index in [2.05, 4.69) is 26.5 Å². The van der Waals surface area contributed by atoms with Gasteiger partial charge in [-0.3, -0.25) is 15.0 Å². The third-order valence-corrected chi connectivity index (χ3v) is 7.41. The monoisotopic (exact) mass is 483 g/mol. The molecule has 3 rings (SSSR count). The van der Waals surface area contributed by atoms with Crippen LogP contribution in [0.25, 0.3) is 0 Å². The smallest absolute Gasteiger partial charge is 0.407 e. The van der Waals surface area contributed by atoms with Crippen molar-refractivity contribution in [1.29, 1.82) is 0 Å². The van der Waals surface area contributed by atoms with E-state index < -0.39 is 15.4 Å². The number of alkyl carbamates (subject to hydrolysis) is 1. The zero-order valence-corrected chi connectivity index (χ0v) is 20.0. The molecule has 12 heteroatoms. The molecule has 2 unspecified atom stereocenters. The van der Waals surface area contributed by atoms with Crippen molar-refractivity contribution in [2.24, 2.45) is 5.92 Å². The summed E-state index contributed by atoms with van der Waals surface area (Å²) in [6.07, 6.45) is 5.01. The molecule has 0 radical (unpaired) electrons. The summed E-state index contributed by atoms with van der Waals surface area (Å²) < 4.78 is 29.4. The average Bonchev–Trinajstić information content (AvgIpc) is 3.36. The molecular formula is C21H33N5O6S. The number of carbonyl (C=O) groups is 2. The second-order valence-corrected chi connectivity index (χ2v) is 10.9. The number of nitrogens with one attached hydrogen (secondary N) is 5. The first-order valence-electron chi connectivity index (χ1n) is 11.2. The van der Waals surface area contributed by atoms with E-state index in [1.165, 1.54) is 0 Å². The molecule has 1 aliphatic carbocycles. The Labute approximate surface area is 193 Å². The van der Waals surface area contributed by atoms with Crippen LogP contribution in [0.4, 0.5) is 4.79 Å². The predicted molar refractivity (Wildman–Crippen MR) is 121 cm³/mol. The maximum absolute atomic E-state index is 12.5. The number of H-pyrrole nitrogens is 1. The molecule has 0 aromatic carbocycles. The summed E-state index contributed by atoms with van der Waals surface area (Å²) in [5.41, 5.74) is 5.95. The maximum Gasteiger partial charge on any atom is 0.407 e. The standard InChI is InChI=1S/C21H33N5O6S/c1-4-12(2)23-21(29)32-15-6-5-13(7-15)16-10-18(26-25-16)24-20(28)9-14-8-19(27)22-11-17(14)33(3,30)31/h8,11-13,15-16,18,25-26H,4-7,9-10H2,1-3H3,(H,22,27)(H,23,29)(H,24,28)/t12-,13-,15+,16?,18?/m0/s1. The van der Waals surface area contributed by atoms with Gasteiger partial charge in [0, 0.05) is 30.6 Å². The Balaban J connectivity index is 1.48. The molecule has 0 spiro atoms. The van der Waals surface area contributed by atoms with Crippen molar-refractivity contribution in [2.75, 3.05) is 6.26 Å². The molecule has 2 amide bonds. The molecule has 1 aromatic heterocycles. The second-order valence-electron chi connectivity index (χ2n) is 8.94. The lowest BCUT2D eigenvalue weighted by Gasteiger charge is -2.19. The second kappa shape index (κ2) is 10.7. The van der Waals surface area contributed by atoms with Gasteiger partial charge in [0.1, 0.15) is 6.10 Å². The van der Waals surface area contributed by atoms with Crippen LogP contribution in [0.1, 0.15) is 51.5 Å². The Morgan fingerprint density at radius 2 is 2.00 bits per heavy atom. The van der Waals surface area contributed by atoms with Gasteiger partial charge in [-0.1, -0.05) is 6.92 Å². The predicted octanol–water partition coefficient (Wildman–Crippen LogP) is 0.323. The van der Waals surface area contributed by atoms with E-state index >= 15 is 0 Å². The van der Waals surface area contributed by atoms with E-state index in [0.717, 1.165) is 44.2 Å². The number of hydrazine groups is 1. The summed E-state index contributed by atoms with van der Waals surface area (Å²) in [5.74, 6) is -0.0925. The van der Waals surface area contributed by atoms with Gasteiger partial charge in [-0.25, -0.2) is 18.6 Å². The van der Waals surface area contributed by atoms with Crippen molar-refractivity contribution < 1.29 is 22.7 Å². The Kier molecular flexibility index (Phi) is 8.14. The van der Waals surface area contributed by atoms with E-state index in [-0.39, 0.29) is 53.2 Å². The lowest BCUT2D eigenvalue weighted by atomic mass is 9.96. The summed E-state index contributed by atoms with van der Waals surface area (Å²) in [7, 11) is -3.58. The van der Waals surface area contributed by atoms with Crippen molar-refractivity contribution in [3.8, 4) is 0 Å². The minimum atomic E-state index is -3.58. The number of hydrogen-bond donors (Lipinski definition) is 5. The summed E-state index contributed by atoms with van der Waals surface area (Å²) in [4.78, 5) is 38.4. The van der Waals surface area contributed by atoms with Crippen LogP contribution < -0.4 is 27.0 Å². The van der Waals surface area contributed by atoms with Gasteiger partial charge in [-0.05, 0) is 50.5 Å². The topological polar surface area (TPSA) is 158 Å². The fourth-order valence-electron chi connectivity index (χ4n) is 4.32. The summed E-state index contributed by atoms with van der Waals surface area (Å²) in [6, 6.07) is 1.31. The van der Waals surface area contributed by atoms with E-state index in [1.54, 1.807) is 0 Å². The maximum atomic E-state index is 12.5. The highest BCUT2D eigenvalue weighted by atomic mass is 32.2. The zero-order chi connectivity index (χ0) is 24.2. The van der Waals surface area contributed by atoms with E-state index in [1.807, 2.05) is 13.8 Å². The van der Waals surface area contributed by atoms with Crippen LogP contribution >= 0.6 is 0 Å². The van der Waals surface area contributed by atoms with Crippen molar-refractivity contribution in [3.63, 3.8) is 0 Å². The number of pyridine rings is 1. The highest BCUT2D eigenvalue weighted by Crippen LogP contribution is 2.33. The van der Waals surface area contributed by atoms with Gasteiger partial charge in [0.05, 0.1) is 17.5 Å². The molecule has 5 atom stereocenters. The first kappa shape index (κ1) is 25.2. The van der Waals surface area contributed by atoms with Gasteiger partial charge in [-0.2, -0.15) is 0 Å². The molecule has 2 aliphatic rings. The number of amides is 2. The van der Waals surface area contributed by atoms with Crippen LogP contribution in [0, 0.1) is 5.92 Å². The molecule has 1 aromatic rings. The van der Waals surface area contributed by atoms with Gasteiger partial charge < -0.3 is 20.4 Å². The Bertz CT molecular complexity index is 1030. The number of ether oxygens (including phenoxy) is 1. The first-order chi connectivity index (χ1) is 15.5. The quantitative estimate of drug-likeness (QED) is 0.354. The molecule has 2 heterocycles. The van der Waals surface area contributed by atoms with Crippen molar-refractivity contribution in [2.45, 2.75) is 81.6 Å². The number of rotatable bonds is 8. The lowest BCUT2D eigenvalue weighted by Crippen LogP contribution is -2.45. The van der Waals surface area contributed by atoms with E-state index in [9.17, 15) is 22.8 Å². The van der Waals surface area contributed by atoms with Gasteiger partial charge in [0.2, 0.25) is 11.5 Å². The molecule has 2 fully saturated rings. The van der Waals surface area contributed by atoms with Crippen molar-refractivity contribution >= 4 is 21.8 Å². The van der Waals surface area contributed by atoms with Crippen LogP contribution in [0.2, 0.25) is 0 Å². The largest absolute Gasteiger partial charge is 0.446 e. The lowest BCUT2D eigenvalue weighted by molar-refractivity contribution is -0.121. The van der Waals surface area contributed by atoms with Gasteiger partial charge >= 0.3 is 6.09 Å². The highest BCUT2D eigenvalue weighted by molar-refractivity contribution is 7.90. The van der Waals surface area contributed by atoms with Crippen LogP contribution in [0.15, 0.2) is 22.0 Å². The minimum Gasteiger partial charge on any atom is -0.446 e. The van der Waals surface area contributed by atoms with E-state index in [4.69, 9.17) is 4.74 Å². The molecule has 0 bridgehead atoms. The van der Waals surface area contributed by atoms with Crippen LogP contribution in [-0.2, 0) is 25.8 Å². The summed E-state index contributed by atoms with van der Waals surface area (Å²) in [6.45, 7) is 3.92. The van der Waals surface area contributed by atoms with Crippen LogP contribution in [0.3, 0.4) is 0 Å². The zero-order valence-electron chi connectivity index (χ0n) is 19.1. The molecule has 1 saturated heterocycles. The number of aromatic amines is 1. The van der Waals surface area contributed by atoms with Crippen LogP contribution in [-0.4, -0.2) is 56.0 Å². The van der Waals surface area contributed by atoms with Crippen molar-refractivity contribution in [3.05, 3.63) is 28.2 Å². The fourth-order valence-corrected chi connectivity index (χ4v) is 5.20. The number of aromatic nitrogens is 1. The summed E-state index contributed by atoms with van der Waals surface area (Å²) in [5, 5.41) is 5.65. The first-order valence-corrected chi connectivity index (χ1v) is 13.1. The Morgan fingerprint density at radius 1 is 1.24 bits per heavy atom. The molecule has 184 valence electrons.